The van der Waals surface area contributed by atoms with Crippen molar-refractivity contribution in [2.24, 2.45) is 5.92 Å². The average molecular weight is 270 g/mol. The summed E-state index contributed by atoms with van der Waals surface area (Å²) < 4.78 is 5.33. The summed E-state index contributed by atoms with van der Waals surface area (Å²) in [7, 11) is 1.91. The van der Waals surface area contributed by atoms with E-state index < -0.39 is 18.2 Å². The lowest BCUT2D eigenvalue weighted by Gasteiger charge is -2.34. The topological polar surface area (TPSA) is 78.9 Å². The van der Waals surface area contributed by atoms with E-state index in [0.29, 0.717) is 18.8 Å². The Kier molecular flexibility index (Phi) is 4.76. The van der Waals surface area contributed by atoms with Crippen LogP contribution >= 0.6 is 0 Å². The van der Waals surface area contributed by atoms with Gasteiger partial charge in [-0.25, -0.2) is 4.79 Å². The van der Waals surface area contributed by atoms with E-state index in [2.05, 4.69) is 5.32 Å². The number of carbonyl (C=O) groups excluding carboxylic acids is 1. The van der Waals surface area contributed by atoms with Gasteiger partial charge >= 0.3 is 5.97 Å². The Morgan fingerprint density at radius 2 is 2.05 bits per heavy atom. The minimum Gasteiger partial charge on any atom is -0.479 e. The molecule has 0 radical (unpaired) electrons. The van der Waals surface area contributed by atoms with Gasteiger partial charge in [0.05, 0.1) is 0 Å². The Morgan fingerprint density at radius 1 is 1.32 bits per heavy atom. The van der Waals surface area contributed by atoms with E-state index in [1.165, 1.54) is 0 Å². The molecule has 3 atom stereocenters. The number of aliphatic carboxylic acids is 1. The second-order valence-electron chi connectivity index (χ2n) is 5.38. The maximum absolute atomic E-state index is 12.3. The summed E-state index contributed by atoms with van der Waals surface area (Å²) in [6, 6.07) is 0. The normalized spacial score (nSPS) is 31.4. The number of carbonyl (C=O) groups is 2. The predicted molar refractivity (Wildman–Crippen MR) is 68.8 cm³/mol. The maximum Gasteiger partial charge on any atom is 0.332 e. The van der Waals surface area contributed by atoms with Crippen LogP contribution < -0.4 is 5.32 Å². The van der Waals surface area contributed by atoms with Crippen LogP contribution in [-0.4, -0.2) is 60.8 Å². The van der Waals surface area contributed by atoms with Crippen LogP contribution in [0, 0.1) is 5.92 Å². The second kappa shape index (κ2) is 6.34. The van der Waals surface area contributed by atoms with E-state index in [4.69, 9.17) is 9.84 Å². The van der Waals surface area contributed by atoms with E-state index >= 15 is 0 Å². The van der Waals surface area contributed by atoms with Crippen molar-refractivity contribution in [3.8, 4) is 0 Å². The van der Waals surface area contributed by atoms with Crippen molar-refractivity contribution in [1.82, 2.24) is 10.2 Å². The molecular formula is C13H22N2O4. The molecular weight excluding hydrogens is 248 g/mol. The number of rotatable bonds is 4. The molecule has 0 aromatic heterocycles. The Hall–Kier alpha value is -1.14. The van der Waals surface area contributed by atoms with E-state index in [0.717, 1.165) is 32.5 Å². The number of carboxylic acids is 1. The van der Waals surface area contributed by atoms with E-state index in [1.807, 2.05) is 11.9 Å². The highest BCUT2D eigenvalue weighted by molar-refractivity contribution is 5.82. The van der Waals surface area contributed by atoms with Crippen LogP contribution in [0.2, 0.25) is 0 Å². The number of hydrogen-bond acceptors (Lipinski definition) is 4. The van der Waals surface area contributed by atoms with Crippen LogP contribution in [0.3, 0.4) is 0 Å². The Bertz CT molecular complexity index is 346. The largest absolute Gasteiger partial charge is 0.479 e. The molecule has 0 bridgehead atoms. The summed E-state index contributed by atoms with van der Waals surface area (Å²) in [5.74, 6) is -0.522. The molecule has 1 amide bonds. The summed E-state index contributed by atoms with van der Waals surface area (Å²) in [5, 5.41) is 12.0. The third-order valence-electron chi connectivity index (χ3n) is 3.89. The molecule has 2 rings (SSSR count). The molecule has 0 spiro atoms. The number of nitrogens with one attached hydrogen (secondary N) is 1. The minimum absolute atomic E-state index is 0.0375. The van der Waals surface area contributed by atoms with Crippen molar-refractivity contribution in [2.75, 3.05) is 26.7 Å². The Labute approximate surface area is 113 Å². The first-order valence-electron chi connectivity index (χ1n) is 6.93. The van der Waals surface area contributed by atoms with Gasteiger partial charge in [0, 0.05) is 13.1 Å². The van der Waals surface area contributed by atoms with Gasteiger partial charge in [-0.2, -0.15) is 0 Å². The highest BCUT2D eigenvalue weighted by atomic mass is 16.5. The summed E-state index contributed by atoms with van der Waals surface area (Å²) in [5.41, 5.74) is 0. The molecule has 0 aromatic carbocycles. The third kappa shape index (κ3) is 3.45. The van der Waals surface area contributed by atoms with Crippen molar-refractivity contribution in [2.45, 2.75) is 37.9 Å². The highest BCUT2D eigenvalue weighted by Gasteiger charge is 2.37. The monoisotopic (exact) mass is 270 g/mol. The number of amides is 1. The number of ether oxygens (including phenoxy) is 1. The highest BCUT2D eigenvalue weighted by Crippen LogP contribution is 2.24. The zero-order chi connectivity index (χ0) is 13.8. The van der Waals surface area contributed by atoms with Gasteiger partial charge in [0.2, 0.25) is 0 Å². The molecule has 2 N–H and O–H groups in total. The molecule has 6 heteroatoms. The van der Waals surface area contributed by atoms with Crippen LogP contribution in [0.1, 0.15) is 25.7 Å². The number of hydrogen-bond donors (Lipinski definition) is 2. The average Bonchev–Trinajstić information content (AvgIpc) is 2.88. The summed E-state index contributed by atoms with van der Waals surface area (Å²) in [6.45, 7) is 2.42. The lowest BCUT2D eigenvalue weighted by Crippen LogP contribution is -2.46. The number of likely N-dealkylation sites (tertiary alicyclic amines) is 1. The SMILES string of the molecule is CNCC1CCCN(C(=O)C2CCC(C(=O)O)O2)C1. The molecule has 0 aromatic rings. The first-order valence-corrected chi connectivity index (χ1v) is 6.93. The van der Waals surface area contributed by atoms with Crippen LogP contribution in [-0.2, 0) is 14.3 Å². The van der Waals surface area contributed by atoms with Crippen molar-refractivity contribution >= 4 is 11.9 Å². The van der Waals surface area contributed by atoms with Gasteiger partial charge in [-0.1, -0.05) is 0 Å². The van der Waals surface area contributed by atoms with Crippen LogP contribution in [0.15, 0.2) is 0 Å². The third-order valence-corrected chi connectivity index (χ3v) is 3.89. The molecule has 2 heterocycles. The Balaban J connectivity index is 1.87. The standard InChI is InChI=1S/C13H22N2O4/c1-14-7-9-3-2-6-15(8-9)12(16)10-4-5-11(19-10)13(17)18/h9-11,14H,2-8H2,1H3,(H,17,18). The lowest BCUT2D eigenvalue weighted by atomic mass is 9.97. The van der Waals surface area contributed by atoms with Crippen molar-refractivity contribution < 1.29 is 19.4 Å². The van der Waals surface area contributed by atoms with Crippen LogP contribution in [0.5, 0.6) is 0 Å². The van der Waals surface area contributed by atoms with Crippen molar-refractivity contribution in [3.05, 3.63) is 0 Å². The molecule has 2 aliphatic rings. The predicted octanol–water partition coefficient (Wildman–Crippen LogP) is 0.0766. The zero-order valence-corrected chi connectivity index (χ0v) is 11.3. The molecule has 0 saturated carbocycles. The second-order valence-corrected chi connectivity index (χ2v) is 5.38. The van der Waals surface area contributed by atoms with Gasteiger partial charge in [-0.05, 0) is 45.2 Å². The van der Waals surface area contributed by atoms with Gasteiger partial charge < -0.3 is 20.1 Å². The Morgan fingerprint density at radius 3 is 2.68 bits per heavy atom. The maximum atomic E-state index is 12.3. The summed E-state index contributed by atoms with van der Waals surface area (Å²) in [6.07, 6.45) is 1.71. The fourth-order valence-corrected chi connectivity index (χ4v) is 2.92. The summed E-state index contributed by atoms with van der Waals surface area (Å²) >= 11 is 0. The van der Waals surface area contributed by atoms with Gasteiger partial charge in [0.1, 0.15) is 6.10 Å². The molecule has 108 valence electrons. The van der Waals surface area contributed by atoms with Gasteiger partial charge in [-0.3, -0.25) is 4.79 Å². The first-order chi connectivity index (χ1) is 9.11. The quantitative estimate of drug-likeness (QED) is 0.756. The van der Waals surface area contributed by atoms with Gasteiger partial charge in [0.15, 0.2) is 6.10 Å². The lowest BCUT2D eigenvalue weighted by molar-refractivity contribution is -0.155. The van der Waals surface area contributed by atoms with Gasteiger partial charge in [0.25, 0.3) is 5.91 Å². The van der Waals surface area contributed by atoms with E-state index in [-0.39, 0.29) is 5.91 Å². The zero-order valence-electron chi connectivity index (χ0n) is 11.3. The van der Waals surface area contributed by atoms with Crippen LogP contribution in [0.25, 0.3) is 0 Å². The van der Waals surface area contributed by atoms with E-state index in [1.54, 1.807) is 0 Å². The first kappa shape index (κ1) is 14.3. The fourth-order valence-electron chi connectivity index (χ4n) is 2.92. The molecule has 2 aliphatic heterocycles. The number of nitrogens with zero attached hydrogens (tertiary/aromatic N) is 1. The molecule has 2 fully saturated rings. The van der Waals surface area contributed by atoms with E-state index in [9.17, 15) is 9.59 Å². The van der Waals surface area contributed by atoms with Crippen LogP contribution in [0.4, 0.5) is 0 Å². The summed E-state index contributed by atoms with van der Waals surface area (Å²) in [4.78, 5) is 25.0. The minimum atomic E-state index is -0.970. The molecule has 3 unspecified atom stereocenters. The molecule has 0 aliphatic carbocycles. The number of piperidine rings is 1. The van der Waals surface area contributed by atoms with Gasteiger partial charge in [-0.15, -0.1) is 0 Å². The number of carboxylic acid groups (broad SMARTS) is 1. The molecule has 2 saturated heterocycles. The fraction of sp³-hybridized carbons (Fsp3) is 0.846. The molecule has 6 nitrogen and oxygen atoms in total. The van der Waals surface area contributed by atoms with Crippen molar-refractivity contribution in [3.63, 3.8) is 0 Å². The smallest absolute Gasteiger partial charge is 0.332 e. The molecule has 19 heavy (non-hydrogen) atoms. The van der Waals surface area contributed by atoms with Crippen molar-refractivity contribution in [1.29, 1.82) is 0 Å².